The molecule has 0 unspecified atom stereocenters. The van der Waals surface area contributed by atoms with Crippen molar-refractivity contribution in [1.82, 2.24) is 14.5 Å². The molecule has 1 aliphatic heterocycles. The normalized spacial score (nSPS) is 15.4. The van der Waals surface area contributed by atoms with Gasteiger partial charge in [-0.2, -0.15) is 4.31 Å². The minimum atomic E-state index is -3.48. The summed E-state index contributed by atoms with van der Waals surface area (Å²) in [6, 6.07) is 14.5. The van der Waals surface area contributed by atoms with Crippen LogP contribution in [0.15, 0.2) is 57.8 Å². The Morgan fingerprint density at radius 2 is 1.54 bits per heavy atom. The molecule has 0 N–H and O–H groups in total. The van der Waals surface area contributed by atoms with Gasteiger partial charge in [-0.3, -0.25) is 0 Å². The molecule has 1 aliphatic rings. The Morgan fingerprint density at radius 3 is 2.19 bits per heavy atom. The van der Waals surface area contributed by atoms with Crippen LogP contribution in [0.2, 0.25) is 0 Å². The predicted molar refractivity (Wildman–Crippen MR) is 97.9 cm³/mol. The zero-order valence-corrected chi connectivity index (χ0v) is 15.2. The van der Waals surface area contributed by atoms with Gasteiger partial charge in [-0.05, 0) is 50.1 Å². The van der Waals surface area contributed by atoms with E-state index >= 15 is 0 Å². The summed E-state index contributed by atoms with van der Waals surface area (Å²) in [7, 11) is -3.48. The van der Waals surface area contributed by atoms with Crippen LogP contribution in [0.4, 0.5) is 0 Å². The molecule has 2 aromatic carbocycles. The van der Waals surface area contributed by atoms with Crippen LogP contribution in [0.5, 0.6) is 0 Å². The van der Waals surface area contributed by atoms with Crippen molar-refractivity contribution in [1.29, 1.82) is 0 Å². The van der Waals surface area contributed by atoms with Crippen molar-refractivity contribution in [2.24, 2.45) is 0 Å². The van der Waals surface area contributed by atoms with E-state index in [0.29, 0.717) is 30.4 Å². The molecule has 134 valence electrons. The van der Waals surface area contributed by atoms with Crippen LogP contribution >= 0.6 is 0 Å². The average molecular weight is 369 g/mol. The van der Waals surface area contributed by atoms with Gasteiger partial charge in [-0.25, -0.2) is 8.42 Å². The van der Waals surface area contributed by atoms with E-state index in [2.05, 4.69) is 10.2 Å². The van der Waals surface area contributed by atoms with Crippen molar-refractivity contribution >= 4 is 10.0 Å². The Labute approximate surface area is 152 Å². The monoisotopic (exact) mass is 369 g/mol. The van der Waals surface area contributed by atoms with Gasteiger partial charge in [0.05, 0.1) is 4.90 Å². The van der Waals surface area contributed by atoms with Crippen molar-refractivity contribution in [2.45, 2.75) is 24.7 Å². The summed E-state index contributed by atoms with van der Waals surface area (Å²) >= 11 is 0. The second-order valence-corrected chi connectivity index (χ2v) is 8.36. The molecule has 26 heavy (non-hydrogen) atoms. The lowest BCUT2D eigenvalue weighted by atomic mass is 10.1. The van der Waals surface area contributed by atoms with E-state index in [1.54, 1.807) is 24.3 Å². The first-order valence-corrected chi connectivity index (χ1v) is 9.99. The molecular formula is C19H19N3O3S. The lowest BCUT2D eigenvalue weighted by Gasteiger charge is -2.15. The number of nitrogens with zero attached hydrogens (tertiary/aromatic N) is 3. The first-order valence-electron chi connectivity index (χ1n) is 8.55. The van der Waals surface area contributed by atoms with Gasteiger partial charge in [0.1, 0.15) is 0 Å². The third kappa shape index (κ3) is 3.15. The van der Waals surface area contributed by atoms with Crippen LogP contribution in [0.3, 0.4) is 0 Å². The highest BCUT2D eigenvalue weighted by molar-refractivity contribution is 7.89. The van der Waals surface area contributed by atoms with Gasteiger partial charge in [-0.1, -0.05) is 23.8 Å². The van der Waals surface area contributed by atoms with Gasteiger partial charge >= 0.3 is 0 Å². The summed E-state index contributed by atoms with van der Waals surface area (Å²) in [5.74, 6) is 0.719. The van der Waals surface area contributed by atoms with E-state index in [0.717, 1.165) is 24.0 Å². The van der Waals surface area contributed by atoms with Gasteiger partial charge in [0.2, 0.25) is 21.8 Å². The molecule has 1 saturated heterocycles. The molecule has 0 saturated carbocycles. The first-order chi connectivity index (χ1) is 12.5. The third-order valence-electron chi connectivity index (χ3n) is 4.47. The van der Waals surface area contributed by atoms with Gasteiger partial charge < -0.3 is 4.42 Å². The molecule has 1 aromatic heterocycles. The smallest absolute Gasteiger partial charge is 0.248 e. The summed E-state index contributed by atoms with van der Waals surface area (Å²) in [6.07, 6.45) is 1.81. The van der Waals surface area contributed by atoms with Crippen LogP contribution in [0.25, 0.3) is 22.9 Å². The molecule has 0 amide bonds. The molecule has 4 rings (SSSR count). The molecule has 2 heterocycles. The number of sulfonamides is 1. The average Bonchev–Trinajstić information content (AvgIpc) is 3.34. The standard InChI is InChI=1S/C19H19N3O3S/c1-14-6-4-7-15(12-14)18-20-21-19(25-18)16-8-5-9-17(13-16)26(23,24)22-10-2-3-11-22/h4-9,12-13H,2-3,10-11H2,1H3. The zero-order chi connectivity index (χ0) is 18.1. The van der Waals surface area contributed by atoms with E-state index in [-0.39, 0.29) is 4.90 Å². The fourth-order valence-corrected chi connectivity index (χ4v) is 4.67. The molecule has 0 aliphatic carbocycles. The highest BCUT2D eigenvalue weighted by Crippen LogP contribution is 2.28. The van der Waals surface area contributed by atoms with Gasteiger partial charge in [0.15, 0.2) is 0 Å². The van der Waals surface area contributed by atoms with Crippen molar-refractivity contribution in [3.63, 3.8) is 0 Å². The molecular weight excluding hydrogens is 350 g/mol. The van der Waals surface area contributed by atoms with Gasteiger partial charge in [0.25, 0.3) is 0 Å². The summed E-state index contributed by atoms with van der Waals surface area (Å²) in [6.45, 7) is 3.14. The largest absolute Gasteiger partial charge is 0.416 e. The van der Waals surface area contributed by atoms with Crippen molar-refractivity contribution in [3.05, 3.63) is 54.1 Å². The number of aryl methyl sites for hydroxylation is 1. The highest BCUT2D eigenvalue weighted by Gasteiger charge is 2.27. The fraction of sp³-hybridized carbons (Fsp3) is 0.263. The van der Waals surface area contributed by atoms with Crippen molar-refractivity contribution < 1.29 is 12.8 Å². The maximum atomic E-state index is 12.7. The van der Waals surface area contributed by atoms with Crippen molar-refractivity contribution in [3.8, 4) is 22.9 Å². The number of benzene rings is 2. The molecule has 0 spiro atoms. The van der Waals surface area contributed by atoms with Crippen LogP contribution in [-0.4, -0.2) is 36.0 Å². The minimum Gasteiger partial charge on any atom is -0.416 e. The van der Waals surface area contributed by atoms with Gasteiger partial charge in [-0.15, -0.1) is 10.2 Å². The maximum absolute atomic E-state index is 12.7. The topological polar surface area (TPSA) is 76.3 Å². The molecule has 3 aromatic rings. The Bertz CT molecular complexity index is 1040. The summed E-state index contributed by atoms with van der Waals surface area (Å²) < 4.78 is 32.8. The Morgan fingerprint density at radius 1 is 0.923 bits per heavy atom. The molecule has 6 nitrogen and oxygen atoms in total. The maximum Gasteiger partial charge on any atom is 0.248 e. The summed E-state index contributed by atoms with van der Waals surface area (Å²) in [4.78, 5) is 0.257. The van der Waals surface area contributed by atoms with Crippen LogP contribution < -0.4 is 0 Å². The Hall–Kier alpha value is -2.51. The lowest BCUT2D eigenvalue weighted by molar-refractivity contribution is 0.477. The van der Waals surface area contributed by atoms with E-state index in [1.807, 2.05) is 31.2 Å². The predicted octanol–water partition coefficient (Wildman–Crippen LogP) is 3.50. The zero-order valence-electron chi connectivity index (χ0n) is 14.4. The van der Waals surface area contributed by atoms with E-state index in [1.165, 1.54) is 4.31 Å². The summed E-state index contributed by atoms with van der Waals surface area (Å²) in [5.41, 5.74) is 2.53. The van der Waals surface area contributed by atoms with Crippen LogP contribution in [0, 0.1) is 6.92 Å². The molecule has 7 heteroatoms. The summed E-state index contributed by atoms with van der Waals surface area (Å²) in [5, 5.41) is 8.18. The molecule has 0 bridgehead atoms. The van der Waals surface area contributed by atoms with E-state index < -0.39 is 10.0 Å². The second-order valence-electron chi connectivity index (χ2n) is 6.42. The highest BCUT2D eigenvalue weighted by atomic mass is 32.2. The second kappa shape index (κ2) is 6.66. The van der Waals surface area contributed by atoms with Gasteiger partial charge in [0, 0.05) is 24.2 Å². The molecule has 1 fully saturated rings. The van der Waals surface area contributed by atoms with Crippen molar-refractivity contribution in [2.75, 3.05) is 13.1 Å². The Balaban J connectivity index is 1.67. The molecule has 0 radical (unpaired) electrons. The lowest BCUT2D eigenvalue weighted by Crippen LogP contribution is -2.27. The quantitative estimate of drug-likeness (QED) is 0.703. The fourth-order valence-electron chi connectivity index (χ4n) is 3.10. The van der Waals surface area contributed by atoms with Crippen LogP contribution in [0.1, 0.15) is 18.4 Å². The first kappa shape index (κ1) is 16.9. The SMILES string of the molecule is Cc1cccc(-c2nnc(-c3cccc(S(=O)(=O)N4CCCC4)c3)o2)c1. The van der Waals surface area contributed by atoms with E-state index in [9.17, 15) is 8.42 Å². The number of aromatic nitrogens is 2. The Kier molecular flexibility index (Phi) is 4.34. The van der Waals surface area contributed by atoms with Crippen LogP contribution in [-0.2, 0) is 10.0 Å². The minimum absolute atomic E-state index is 0.257. The number of hydrogen-bond acceptors (Lipinski definition) is 5. The number of rotatable bonds is 4. The molecule has 0 atom stereocenters. The number of hydrogen-bond donors (Lipinski definition) is 0. The third-order valence-corrected chi connectivity index (χ3v) is 6.37. The van der Waals surface area contributed by atoms with E-state index in [4.69, 9.17) is 4.42 Å².